The number of anilines is 1. The number of hydrogen-bond acceptors (Lipinski definition) is 7. The van der Waals surface area contributed by atoms with Crippen molar-refractivity contribution in [1.82, 2.24) is 15.1 Å². The highest BCUT2D eigenvalue weighted by Gasteiger charge is 2.35. The fourth-order valence-electron chi connectivity index (χ4n) is 3.75. The Kier molecular flexibility index (Phi) is 9.05. The van der Waals surface area contributed by atoms with E-state index in [0.29, 0.717) is 57.3 Å². The molecule has 2 heterocycles. The van der Waals surface area contributed by atoms with E-state index >= 15 is 0 Å². The predicted octanol–water partition coefficient (Wildman–Crippen LogP) is 0.631. The van der Waals surface area contributed by atoms with Crippen molar-refractivity contribution in [1.29, 1.82) is 0 Å². The highest BCUT2D eigenvalue weighted by atomic mass is 16.5. The number of nitrogens with zero attached hydrogens (tertiary/aromatic N) is 2. The second-order valence-corrected chi connectivity index (χ2v) is 8.01. The van der Waals surface area contributed by atoms with Crippen LogP contribution in [0.5, 0.6) is 0 Å². The maximum Gasteiger partial charge on any atom is 0.308 e. The Labute approximate surface area is 193 Å². The lowest BCUT2D eigenvalue weighted by molar-refractivity contribution is -0.151. The summed E-state index contributed by atoms with van der Waals surface area (Å²) in [5, 5.41) is 5.74. The molecule has 0 spiro atoms. The molecule has 2 aliphatic heterocycles. The van der Waals surface area contributed by atoms with Crippen molar-refractivity contribution in [3.05, 3.63) is 29.8 Å². The molecule has 0 radical (unpaired) electrons. The first-order chi connectivity index (χ1) is 16.0. The molecule has 0 saturated carbocycles. The number of esters is 1. The summed E-state index contributed by atoms with van der Waals surface area (Å²) in [6.07, 6.45) is 1.47. The fourth-order valence-corrected chi connectivity index (χ4v) is 3.75. The van der Waals surface area contributed by atoms with Gasteiger partial charge < -0.3 is 29.9 Å². The smallest absolute Gasteiger partial charge is 0.308 e. The van der Waals surface area contributed by atoms with Crippen molar-refractivity contribution >= 4 is 29.4 Å². The summed E-state index contributed by atoms with van der Waals surface area (Å²) in [6.45, 7) is 5.02. The fraction of sp³-hybridized carbons (Fsp3) is 0.565. The van der Waals surface area contributed by atoms with Crippen LogP contribution in [0, 0.1) is 0 Å². The molecule has 2 fully saturated rings. The summed E-state index contributed by atoms with van der Waals surface area (Å²) < 4.78 is 10.5. The second kappa shape index (κ2) is 12.2. The minimum atomic E-state index is -0.892. The van der Waals surface area contributed by atoms with Crippen molar-refractivity contribution in [2.45, 2.75) is 32.2 Å². The van der Waals surface area contributed by atoms with Crippen molar-refractivity contribution in [2.24, 2.45) is 0 Å². The van der Waals surface area contributed by atoms with E-state index < -0.39 is 12.0 Å². The quantitative estimate of drug-likeness (QED) is 0.410. The number of piperazine rings is 1. The van der Waals surface area contributed by atoms with Crippen LogP contribution < -0.4 is 10.6 Å². The van der Waals surface area contributed by atoms with Gasteiger partial charge in [-0.15, -0.1) is 0 Å². The second-order valence-electron chi connectivity index (χ2n) is 8.01. The molecule has 10 nitrogen and oxygen atoms in total. The Morgan fingerprint density at radius 1 is 1.21 bits per heavy atom. The predicted molar refractivity (Wildman–Crippen MR) is 121 cm³/mol. The van der Waals surface area contributed by atoms with Crippen molar-refractivity contribution < 1.29 is 28.7 Å². The van der Waals surface area contributed by atoms with Crippen molar-refractivity contribution in [2.75, 3.05) is 57.9 Å². The average Bonchev–Trinajstić information content (AvgIpc) is 2.84. The molecule has 2 saturated heterocycles. The molecule has 0 bridgehead atoms. The van der Waals surface area contributed by atoms with Gasteiger partial charge in [-0.3, -0.25) is 19.2 Å². The Morgan fingerprint density at radius 3 is 2.76 bits per heavy atom. The van der Waals surface area contributed by atoms with Gasteiger partial charge in [-0.1, -0.05) is 19.4 Å². The minimum absolute atomic E-state index is 0.0656. The Balaban J connectivity index is 1.57. The summed E-state index contributed by atoms with van der Waals surface area (Å²) in [7, 11) is 0. The van der Waals surface area contributed by atoms with Crippen LogP contribution in [0.15, 0.2) is 24.3 Å². The maximum absolute atomic E-state index is 12.9. The summed E-state index contributed by atoms with van der Waals surface area (Å²) >= 11 is 0. The van der Waals surface area contributed by atoms with Gasteiger partial charge >= 0.3 is 5.97 Å². The summed E-state index contributed by atoms with van der Waals surface area (Å²) in [4.78, 5) is 53.2. The highest BCUT2D eigenvalue weighted by molar-refractivity contribution is 5.96. The van der Waals surface area contributed by atoms with Gasteiger partial charge in [0.1, 0.15) is 6.04 Å². The van der Waals surface area contributed by atoms with Crippen LogP contribution in [0.1, 0.15) is 36.5 Å². The lowest BCUT2D eigenvalue weighted by atomic mass is 10.1. The van der Waals surface area contributed by atoms with Crippen LogP contribution in [0.25, 0.3) is 0 Å². The molecule has 1 atom stereocenters. The molecule has 180 valence electrons. The largest absolute Gasteiger partial charge is 0.466 e. The third-order valence-electron chi connectivity index (χ3n) is 5.62. The van der Waals surface area contributed by atoms with Crippen LogP contribution in [-0.2, 0) is 23.9 Å². The van der Waals surface area contributed by atoms with Gasteiger partial charge in [0.25, 0.3) is 5.91 Å². The molecular formula is C23H32N4O6. The van der Waals surface area contributed by atoms with Crippen LogP contribution in [0.4, 0.5) is 5.69 Å². The molecule has 3 rings (SSSR count). The van der Waals surface area contributed by atoms with Gasteiger partial charge in [-0.05, 0) is 24.6 Å². The molecule has 33 heavy (non-hydrogen) atoms. The van der Waals surface area contributed by atoms with E-state index in [-0.39, 0.29) is 30.7 Å². The number of carbonyl (C=O) groups excluding carboxylic acids is 4. The molecule has 0 aliphatic carbocycles. The molecule has 1 aromatic carbocycles. The van der Waals surface area contributed by atoms with E-state index in [1.165, 1.54) is 4.90 Å². The van der Waals surface area contributed by atoms with E-state index in [9.17, 15) is 19.2 Å². The first-order valence-electron chi connectivity index (χ1n) is 11.4. The third kappa shape index (κ3) is 6.92. The van der Waals surface area contributed by atoms with E-state index in [1.807, 2.05) is 6.92 Å². The van der Waals surface area contributed by atoms with Gasteiger partial charge in [0.15, 0.2) is 0 Å². The average molecular weight is 461 g/mol. The van der Waals surface area contributed by atoms with Crippen molar-refractivity contribution in [3.63, 3.8) is 0 Å². The lowest BCUT2D eigenvalue weighted by Gasteiger charge is -2.34. The van der Waals surface area contributed by atoms with Crippen LogP contribution >= 0.6 is 0 Å². The standard InChI is InChI=1S/C23H32N4O6/c1-2-3-11-33-21(29)15-19-22(30)24-7-8-27(19)20(28)16-25-18-6-4-5-17(14-18)23(31)26-9-12-32-13-10-26/h4-6,14,19,25H,2-3,7-13,15-16H2,1H3,(H,24,30). The molecule has 2 aliphatic rings. The summed E-state index contributed by atoms with van der Waals surface area (Å²) in [6, 6.07) is 6.08. The number of unbranched alkanes of at least 4 members (excludes halogenated alkanes) is 1. The van der Waals surface area contributed by atoms with Crippen LogP contribution in [-0.4, -0.2) is 92.1 Å². The lowest BCUT2D eigenvalue weighted by Crippen LogP contribution is -2.58. The van der Waals surface area contributed by atoms with Gasteiger partial charge in [0.05, 0.1) is 32.8 Å². The summed E-state index contributed by atoms with van der Waals surface area (Å²) in [5.41, 5.74) is 1.15. The molecule has 2 N–H and O–H groups in total. The van der Waals surface area contributed by atoms with Crippen molar-refractivity contribution in [3.8, 4) is 0 Å². The van der Waals surface area contributed by atoms with Gasteiger partial charge in [0.2, 0.25) is 11.8 Å². The third-order valence-corrected chi connectivity index (χ3v) is 5.62. The molecular weight excluding hydrogens is 428 g/mol. The zero-order valence-corrected chi connectivity index (χ0v) is 19.0. The Bertz CT molecular complexity index is 855. The molecule has 0 aromatic heterocycles. The highest BCUT2D eigenvalue weighted by Crippen LogP contribution is 2.15. The first kappa shape index (κ1) is 24.5. The molecule has 10 heteroatoms. The van der Waals surface area contributed by atoms with Gasteiger partial charge in [-0.25, -0.2) is 0 Å². The maximum atomic E-state index is 12.9. The first-order valence-corrected chi connectivity index (χ1v) is 11.4. The van der Waals surface area contributed by atoms with E-state index in [1.54, 1.807) is 29.2 Å². The molecule has 1 unspecified atom stereocenters. The number of rotatable bonds is 9. The monoisotopic (exact) mass is 460 g/mol. The molecule has 3 amide bonds. The number of ether oxygens (including phenoxy) is 2. The number of benzene rings is 1. The molecule has 1 aromatic rings. The summed E-state index contributed by atoms with van der Waals surface area (Å²) in [5.74, 6) is -1.24. The topological polar surface area (TPSA) is 117 Å². The number of carbonyl (C=O) groups is 4. The zero-order valence-electron chi connectivity index (χ0n) is 19.0. The van der Waals surface area contributed by atoms with Crippen LogP contribution in [0.2, 0.25) is 0 Å². The SMILES string of the molecule is CCCCOC(=O)CC1C(=O)NCCN1C(=O)CNc1cccc(C(=O)N2CCOCC2)c1. The van der Waals surface area contributed by atoms with E-state index in [4.69, 9.17) is 9.47 Å². The van der Waals surface area contributed by atoms with E-state index in [2.05, 4.69) is 10.6 Å². The zero-order chi connectivity index (χ0) is 23.6. The number of amides is 3. The number of nitrogens with one attached hydrogen (secondary N) is 2. The van der Waals surface area contributed by atoms with E-state index in [0.717, 1.165) is 12.8 Å². The number of hydrogen-bond donors (Lipinski definition) is 2. The van der Waals surface area contributed by atoms with Gasteiger partial charge in [0, 0.05) is 37.4 Å². The number of morpholine rings is 1. The van der Waals surface area contributed by atoms with Crippen LogP contribution in [0.3, 0.4) is 0 Å². The Hall–Kier alpha value is -3.14. The Morgan fingerprint density at radius 2 is 2.00 bits per heavy atom. The normalized spacial score (nSPS) is 18.5. The van der Waals surface area contributed by atoms with Gasteiger partial charge in [-0.2, -0.15) is 0 Å². The minimum Gasteiger partial charge on any atom is -0.466 e.